The van der Waals surface area contributed by atoms with Gasteiger partial charge in [-0.1, -0.05) is 6.92 Å². The molecule has 20 heavy (non-hydrogen) atoms. The molecule has 9 heteroatoms. The second-order valence-electron chi connectivity index (χ2n) is 4.09. The maximum atomic E-state index is 11.9. The van der Waals surface area contributed by atoms with E-state index in [0.29, 0.717) is 6.42 Å². The van der Waals surface area contributed by atoms with Crippen LogP contribution >= 0.6 is 7.60 Å². The predicted octanol–water partition coefficient (Wildman–Crippen LogP) is 1.06. The highest BCUT2D eigenvalue weighted by atomic mass is 31.2. The fraction of sp³-hybridized carbons (Fsp3) is 0.636. The summed E-state index contributed by atoms with van der Waals surface area (Å²) in [6.45, 7) is 2.18. The minimum atomic E-state index is -3.22. The molecule has 0 saturated carbocycles. The van der Waals surface area contributed by atoms with Gasteiger partial charge in [0.05, 0.1) is 12.6 Å². The molecule has 0 saturated heterocycles. The van der Waals surface area contributed by atoms with Crippen molar-refractivity contribution in [3.63, 3.8) is 0 Å². The number of hydrogen-bond acceptors (Lipinski definition) is 7. The monoisotopic (exact) mass is 305 g/mol. The molecular weight excluding hydrogens is 285 g/mol. The van der Waals surface area contributed by atoms with Crippen LogP contribution in [0.15, 0.2) is 17.1 Å². The zero-order chi connectivity index (χ0) is 15.2. The first-order valence-electron chi connectivity index (χ1n) is 6.09. The lowest BCUT2D eigenvalue weighted by Gasteiger charge is -2.20. The van der Waals surface area contributed by atoms with Gasteiger partial charge in [0.25, 0.3) is 0 Å². The Balaban J connectivity index is 2.68. The molecule has 1 aromatic rings. The number of nitrogens with two attached hydrogens (primary N) is 1. The second-order valence-corrected chi connectivity index (χ2v) is 6.30. The van der Waals surface area contributed by atoms with Gasteiger partial charge in [-0.05, 0) is 12.5 Å². The summed E-state index contributed by atoms with van der Waals surface area (Å²) in [7, 11) is -0.629. The Kier molecular flexibility index (Phi) is 6.35. The Morgan fingerprint density at radius 2 is 2.10 bits per heavy atom. The number of ether oxygens (including phenoxy) is 1. The molecule has 0 aliphatic heterocycles. The van der Waals surface area contributed by atoms with Gasteiger partial charge in [0.15, 0.2) is 0 Å². The number of rotatable bonds is 8. The van der Waals surface area contributed by atoms with Crippen LogP contribution in [0, 0.1) is 0 Å². The number of nitrogens with zero attached hydrogens (tertiary/aromatic N) is 2. The zero-order valence-electron chi connectivity index (χ0n) is 11.8. The van der Waals surface area contributed by atoms with Crippen molar-refractivity contribution in [2.75, 3.05) is 26.3 Å². The third kappa shape index (κ3) is 4.72. The average Bonchev–Trinajstić information content (AvgIpc) is 2.45. The first-order chi connectivity index (χ1) is 9.44. The van der Waals surface area contributed by atoms with Crippen molar-refractivity contribution < 1.29 is 18.3 Å². The summed E-state index contributed by atoms with van der Waals surface area (Å²) in [4.78, 5) is 15.2. The van der Waals surface area contributed by atoms with Crippen molar-refractivity contribution >= 4 is 13.4 Å². The van der Waals surface area contributed by atoms with E-state index in [-0.39, 0.29) is 24.8 Å². The minimum Gasteiger partial charge on any atom is -0.383 e. The quantitative estimate of drug-likeness (QED) is 0.716. The van der Waals surface area contributed by atoms with E-state index >= 15 is 0 Å². The van der Waals surface area contributed by atoms with Gasteiger partial charge in [-0.15, -0.1) is 0 Å². The van der Waals surface area contributed by atoms with E-state index in [0.717, 1.165) is 0 Å². The summed E-state index contributed by atoms with van der Waals surface area (Å²) in [6, 6.07) is 1.53. The van der Waals surface area contributed by atoms with E-state index < -0.39 is 13.3 Å². The summed E-state index contributed by atoms with van der Waals surface area (Å²) in [5, 5.41) is 0. The minimum absolute atomic E-state index is 0.170. The maximum absolute atomic E-state index is 11.9. The Morgan fingerprint density at radius 3 is 2.60 bits per heavy atom. The van der Waals surface area contributed by atoms with E-state index in [4.69, 9.17) is 19.5 Å². The van der Waals surface area contributed by atoms with E-state index in [9.17, 15) is 9.36 Å². The van der Waals surface area contributed by atoms with Crippen LogP contribution in [0.3, 0.4) is 0 Å². The van der Waals surface area contributed by atoms with Crippen LogP contribution in [0.4, 0.5) is 5.82 Å². The summed E-state index contributed by atoms with van der Waals surface area (Å²) in [5.41, 5.74) is 4.97. The van der Waals surface area contributed by atoms with Crippen molar-refractivity contribution in [2.45, 2.75) is 26.0 Å². The predicted molar refractivity (Wildman–Crippen MR) is 74.6 cm³/mol. The summed E-state index contributed by atoms with van der Waals surface area (Å²) < 4.78 is 28.3. The van der Waals surface area contributed by atoms with Crippen LogP contribution in [0.1, 0.15) is 13.3 Å². The molecule has 1 heterocycles. The Hall–Kier alpha value is -1.21. The standard InChI is InChI=1S/C11H20N3O5P/c1-4-9(19-8-20(16,17-2)18-3)7-14-6-5-10(12)13-11(14)15/h5-6,9H,4,7-8H2,1-3H3,(H2,12,13,15)/t9-/m1/s1. The lowest BCUT2D eigenvalue weighted by molar-refractivity contribution is 0.0549. The van der Waals surface area contributed by atoms with Crippen LogP contribution in [0.25, 0.3) is 0 Å². The SMILES string of the molecule is CC[C@H](Cn1ccc(N)nc1=O)OCP(=O)(OC)OC. The molecule has 114 valence electrons. The molecule has 1 atom stereocenters. The fourth-order valence-corrected chi connectivity index (χ4v) is 2.23. The molecule has 0 amide bonds. The van der Waals surface area contributed by atoms with Gasteiger partial charge in [-0.3, -0.25) is 9.13 Å². The topological polar surface area (TPSA) is 106 Å². The molecule has 2 N–H and O–H groups in total. The zero-order valence-corrected chi connectivity index (χ0v) is 12.7. The molecular formula is C11H20N3O5P. The van der Waals surface area contributed by atoms with Gasteiger partial charge in [-0.2, -0.15) is 4.98 Å². The van der Waals surface area contributed by atoms with Gasteiger partial charge in [-0.25, -0.2) is 4.79 Å². The fourth-order valence-electron chi connectivity index (χ4n) is 1.48. The molecule has 0 aliphatic rings. The number of aromatic nitrogens is 2. The lowest BCUT2D eigenvalue weighted by Crippen LogP contribution is -2.30. The van der Waals surface area contributed by atoms with Crippen LogP contribution in [-0.2, 0) is 24.9 Å². The molecule has 0 radical (unpaired) electrons. The molecule has 0 unspecified atom stereocenters. The van der Waals surface area contributed by atoms with Gasteiger partial charge in [0.2, 0.25) is 0 Å². The Morgan fingerprint density at radius 1 is 1.45 bits per heavy atom. The third-order valence-corrected chi connectivity index (χ3v) is 4.35. The first-order valence-corrected chi connectivity index (χ1v) is 7.82. The van der Waals surface area contributed by atoms with Crippen molar-refractivity contribution in [2.24, 2.45) is 0 Å². The number of anilines is 1. The molecule has 1 rings (SSSR count). The van der Waals surface area contributed by atoms with Gasteiger partial charge < -0.3 is 19.5 Å². The molecule has 8 nitrogen and oxygen atoms in total. The van der Waals surface area contributed by atoms with Crippen molar-refractivity contribution in [1.29, 1.82) is 0 Å². The van der Waals surface area contributed by atoms with Crippen molar-refractivity contribution in [3.8, 4) is 0 Å². The number of hydrogen-bond donors (Lipinski definition) is 1. The molecule has 0 spiro atoms. The number of nitrogen functional groups attached to an aromatic ring is 1. The van der Waals surface area contributed by atoms with E-state index in [2.05, 4.69) is 4.98 Å². The second kappa shape index (κ2) is 7.54. The average molecular weight is 305 g/mol. The molecule has 1 aromatic heterocycles. The summed E-state index contributed by atoms with van der Waals surface area (Å²) in [6.07, 6.45) is 1.69. The third-order valence-electron chi connectivity index (χ3n) is 2.78. The van der Waals surface area contributed by atoms with Gasteiger partial charge >= 0.3 is 13.3 Å². The maximum Gasteiger partial charge on any atom is 0.355 e. The van der Waals surface area contributed by atoms with Crippen molar-refractivity contribution in [1.82, 2.24) is 9.55 Å². The normalized spacial score (nSPS) is 13.3. The Bertz CT molecular complexity index is 525. The first kappa shape index (κ1) is 16.8. The van der Waals surface area contributed by atoms with E-state index in [1.165, 1.54) is 24.9 Å². The largest absolute Gasteiger partial charge is 0.383 e. The van der Waals surface area contributed by atoms with Crippen molar-refractivity contribution in [3.05, 3.63) is 22.7 Å². The molecule has 0 bridgehead atoms. The van der Waals surface area contributed by atoms with Crippen LogP contribution < -0.4 is 11.4 Å². The molecule has 0 fully saturated rings. The molecule has 0 aliphatic carbocycles. The summed E-state index contributed by atoms with van der Waals surface area (Å²) in [5.74, 6) is 0.170. The van der Waals surface area contributed by atoms with Crippen LogP contribution in [0.5, 0.6) is 0 Å². The van der Waals surface area contributed by atoms with Crippen LogP contribution in [0.2, 0.25) is 0 Å². The molecule has 0 aromatic carbocycles. The summed E-state index contributed by atoms with van der Waals surface area (Å²) >= 11 is 0. The smallest absolute Gasteiger partial charge is 0.355 e. The van der Waals surface area contributed by atoms with Gasteiger partial charge in [0, 0.05) is 20.4 Å². The lowest BCUT2D eigenvalue weighted by atomic mass is 10.3. The van der Waals surface area contributed by atoms with Crippen LogP contribution in [-0.4, -0.2) is 36.2 Å². The highest BCUT2D eigenvalue weighted by Crippen LogP contribution is 2.46. The highest BCUT2D eigenvalue weighted by Gasteiger charge is 2.23. The van der Waals surface area contributed by atoms with Gasteiger partial charge in [0.1, 0.15) is 12.2 Å². The Labute approximate surface area is 117 Å². The highest BCUT2D eigenvalue weighted by molar-refractivity contribution is 7.53. The van der Waals surface area contributed by atoms with E-state index in [1.54, 1.807) is 6.20 Å². The van der Waals surface area contributed by atoms with E-state index in [1.807, 2.05) is 6.92 Å².